The molecular weight excluding hydrogens is 250 g/mol. The molecule has 1 saturated heterocycles. The third kappa shape index (κ3) is 3.97. The first kappa shape index (κ1) is 15.3. The molecule has 1 aromatic carbocycles. The van der Waals surface area contributed by atoms with E-state index in [0.29, 0.717) is 24.1 Å². The summed E-state index contributed by atoms with van der Waals surface area (Å²) in [6, 6.07) is 9.17. The van der Waals surface area contributed by atoms with Gasteiger partial charge in [-0.2, -0.15) is 0 Å². The fourth-order valence-corrected chi connectivity index (χ4v) is 2.80. The van der Waals surface area contributed by atoms with E-state index < -0.39 is 0 Å². The van der Waals surface area contributed by atoms with Gasteiger partial charge in [-0.3, -0.25) is 0 Å². The Balaban J connectivity index is 1.94. The molecule has 3 nitrogen and oxygen atoms in total. The molecule has 1 aromatic rings. The van der Waals surface area contributed by atoms with Crippen molar-refractivity contribution >= 4 is 0 Å². The van der Waals surface area contributed by atoms with Gasteiger partial charge < -0.3 is 14.8 Å². The highest BCUT2D eigenvalue weighted by molar-refractivity contribution is 5.30. The Hall–Kier alpha value is -1.06. The average molecular weight is 277 g/mol. The van der Waals surface area contributed by atoms with E-state index in [1.54, 1.807) is 7.11 Å². The van der Waals surface area contributed by atoms with Gasteiger partial charge in [0.1, 0.15) is 5.75 Å². The Morgan fingerprint density at radius 3 is 2.80 bits per heavy atom. The summed E-state index contributed by atoms with van der Waals surface area (Å²) in [7, 11) is 1.71. The quantitative estimate of drug-likeness (QED) is 0.893. The highest BCUT2D eigenvalue weighted by atomic mass is 16.5. The van der Waals surface area contributed by atoms with Crippen LogP contribution in [0, 0.1) is 5.92 Å². The molecule has 20 heavy (non-hydrogen) atoms. The van der Waals surface area contributed by atoms with Crippen LogP contribution in [0.4, 0.5) is 0 Å². The Bertz CT molecular complexity index is 419. The summed E-state index contributed by atoms with van der Waals surface area (Å²) in [6.07, 6.45) is 2.59. The fourth-order valence-electron chi connectivity index (χ4n) is 2.80. The van der Waals surface area contributed by atoms with E-state index in [0.717, 1.165) is 25.2 Å². The first-order chi connectivity index (χ1) is 9.60. The fraction of sp³-hybridized carbons (Fsp3) is 0.647. The Labute approximate surface area is 122 Å². The van der Waals surface area contributed by atoms with Gasteiger partial charge in [0.2, 0.25) is 0 Å². The minimum absolute atomic E-state index is 0.334. The third-order valence-electron chi connectivity index (χ3n) is 4.14. The van der Waals surface area contributed by atoms with Crippen molar-refractivity contribution < 1.29 is 9.47 Å². The van der Waals surface area contributed by atoms with E-state index >= 15 is 0 Å². The Morgan fingerprint density at radius 1 is 1.30 bits per heavy atom. The second-order valence-corrected chi connectivity index (χ2v) is 6.04. The van der Waals surface area contributed by atoms with Gasteiger partial charge in [-0.1, -0.05) is 26.0 Å². The van der Waals surface area contributed by atoms with Crippen molar-refractivity contribution in [2.75, 3.05) is 13.7 Å². The van der Waals surface area contributed by atoms with Crippen LogP contribution < -0.4 is 10.1 Å². The lowest BCUT2D eigenvalue weighted by Gasteiger charge is -2.34. The molecule has 0 saturated carbocycles. The summed E-state index contributed by atoms with van der Waals surface area (Å²) in [5, 5.41) is 3.74. The van der Waals surface area contributed by atoms with Gasteiger partial charge in [0.25, 0.3) is 0 Å². The van der Waals surface area contributed by atoms with Crippen LogP contribution in [0.2, 0.25) is 0 Å². The average Bonchev–Trinajstić information content (AvgIpc) is 2.47. The van der Waals surface area contributed by atoms with Crippen LogP contribution in [0.25, 0.3) is 0 Å². The smallest absolute Gasteiger partial charge is 0.119 e. The van der Waals surface area contributed by atoms with Crippen LogP contribution in [-0.2, 0) is 4.74 Å². The highest BCUT2D eigenvalue weighted by Gasteiger charge is 2.25. The molecule has 0 amide bonds. The molecular formula is C17H27NO2. The van der Waals surface area contributed by atoms with Gasteiger partial charge in [0, 0.05) is 18.7 Å². The topological polar surface area (TPSA) is 30.5 Å². The molecule has 1 aliphatic heterocycles. The maximum absolute atomic E-state index is 5.83. The highest BCUT2D eigenvalue weighted by Crippen LogP contribution is 2.24. The Kier molecular flexibility index (Phi) is 5.44. The van der Waals surface area contributed by atoms with Crippen LogP contribution in [0.3, 0.4) is 0 Å². The maximum atomic E-state index is 5.83. The molecule has 1 N–H and O–H groups in total. The SMILES string of the molecule is COc1cccc(C(C)NC2CCOC(C(C)C)C2)c1. The first-order valence-corrected chi connectivity index (χ1v) is 7.61. The Morgan fingerprint density at radius 2 is 2.10 bits per heavy atom. The van der Waals surface area contributed by atoms with Crippen LogP contribution in [0.5, 0.6) is 5.75 Å². The maximum Gasteiger partial charge on any atom is 0.119 e. The summed E-state index contributed by atoms with van der Waals surface area (Å²) in [6.45, 7) is 7.55. The molecule has 0 aliphatic carbocycles. The molecule has 0 bridgehead atoms. The third-order valence-corrected chi connectivity index (χ3v) is 4.14. The van der Waals surface area contributed by atoms with Gasteiger partial charge in [0.15, 0.2) is 0 Å². The van der Waals surface area contributed by atoms with Crippen molar-refractivity contribution in [1.82, 2.24) is 5.32 Å². The molecule has 0 aromatic heterocycles. The van der Waals surface area contributed by atoms with Gasteiger partial charge >= 0.3 is 0 Å². The second kappa shape index (κ2) is 7.09. The van der Waals surface area contributed by atoms with Crippen molar-refractivity contribution in [2.45, 2.75) is 51.8 Å². The molecule has 1 heterocycles. The first-order valence-electron chi connectivity index (χ1n) is 7.61. The second-order valence-electron chi connectivity index (χ2n) is 6.04. The minimum Gasteiger partial charge on any atom is -0.497 e. The molecule has 3 heteroatoms. The molecule has 1 fully saturated rings. The van der Waals surface area contributed by atoms with E-state index in [1.165, 1.54) is 5.56 Å². The standard InChI is InChI=1S/C17H27NO2/c1-12(2)17-11-15(8-9-20-17)18-13(3)14-6-5-7-16(10-14)19-4/h5-7,10,12-13,15,17-18H,8-9,11H2,1-4H3. The number of hydrogen-bond donors (Lipinski definition) is 1. The summed E-state index contributed by atoms with van der Waals surface area (Å²) in [5.41, 5.74) is 1.27. The van der Waals surface area contributed by atoms with Crippen molar-refractivity contribution in [3.05, 3.63) is 29.8 Å². The van der Waals surface area contributed by atoms with Crippen LogP contribution in [0.15, 0.2) is 24.3 Å². The molecule has 1 aliphatic rings. The normalized spacial score (nSPS) is 24.6. The number of methoxy groups -OCH3 is 1. The van der Waals surface area contributed by atoms with Crippen molar-refractivity contribution in [2.24, 2.45) is 5.92 Å². The molecule has 3 atom stereocenters. The van der Waals surface area contributed by atoms with Gasteiger partial charge in [-0.05, 0) is 43.4 Å². The zero-order chi connectivity index (χ0) is 14.5. The lowest BCUT2D eigenvalue weighted by Crippen LogP contribution is -2.41. The summed E-state index contributed by atoms with van der Waals surface area (Å²) in [4.78, 5) is 0. The monoisotopic (exact) mass is 277 g/mol. The van der Waals surface area contributed by atoms with E-state index in [4.69, 9.17) is 9.47 Å². The largest absolute Gasteiger partial charge is 0.497 e. The minimum atomic E-state index is 0.334. The lowest BCUT2D eigenvalue weighted by molar-refractivity contribution is -0.0257. The number of nitrogens with one attached hydrogen (secondary N) is 1. The van der Waals surface area contributed by atoms with E-state index in [9.17, 15) is 0 Å². The molecule has 0 spiro atoms. The summed E-state index contributed by atoms with van der Waals surface area (Å²) < 4.78 is 11.1. The van der Waals surface area contributed by atoms with E-state index in [1.807, 2.05) is 12.1 Å². The number of hydrogen-bond acceptors (Lipinski definition) is 3. The summed E-state index contributed by atoms with van der Waals surface area (Å²) >= 11 is 0. The molecule has 112 valence electrons. The number of ether oxygens (including phenoxy) is 2. The predicted molar refractivity (Wildman–Crippen MR) is 82.1 cm³/mol. The van der Waals surface area contributed by atoms with E-state index in [2.05, 4.69) is 38.2 Å². The lowest BCUT2D eigenvalue weighted by atomic mass is 9.94. The number of benzene rings is 1. The van der Waals surface area contributed by atoms with Crippen molar-refractivity contribution in [1.29, 1.82) is 0 Å². The number of rotatable bonds is 5. The molecule has 0 radical (unpaired) electrons. The zero-order valence-corrected chi connectivity index (χ0v) is 13.1. The zero-order valence-electron chi connectivity index (χ0n) is 13.1. The predicted octanol–water partition coefficient (Wildman–Crippen LogP) is 3.55. The van der Waals surface area contributed by atoms with Crippen LogP contribution in [-0.4, -0.2) is 25.9 Å². The van der Waals surface area contributed by atoms with Crippen LogP contribution >= 0.6 is 0 Å². The van der Waals surface area contributed by atoms with E-state index in [-0.39, 0.29) is 0 Å². The molecule has 3 unspecified atom stereocenters. The van der Waals surface area contributed by atoms with Crippen molar-refractivity contribution in [3.63, 3.8) is 0 Å². The van der Waals surface area contributed by atoms with Crippen LogP contribution in [0.1, 0.15) is 45.2 Å². The van der Waals surface area contributed by atoms with Gasteiger partial charge in [0.05, 0.1) is 13.2 Å². The van der Waals surface area contributed by atoms with Gasteiger partial charge in [-0.25, -0.2) is 0 Å². The molecule has 2 rings (SSSR count). The van der Waals surface area contributed by atoms with Crippen molar-refractivity contribution in [3.8, 4) is 5.75 Å². The summed E-state index contributed by atoms with van der Waals surface area (Å²) in [5.74, 6) is 1.51. The van der Waals surface area contributed by atoms with Gasteiger partial charge in [-0.15, -0.1) is 0 Å².